The van der Waals surface area contributed by atoms with E-state index in [1.165, 1.54) is 22.1 Å². The molecule has 146 valence electrons. The molecule has 3 rings (SSSR count). The summed E-state index contributed by atoms with van der Waals surface area (Å²) in [7, 11) is -3.52. The summed E-state index contributed by atoms with van der Waals surface area (Å²) in [5.41, 5.74) is 0.489. The minimum absolute atomic E-state index is 0.168. The van der Waals surface area contributed by atoms with Crippen LogP contribution in [0.5, 0.6) is 0 Å². The van der Waals surface area contributed by atoms with Gasteiger partial charge in [0.2, 0.25) is 15.9 Å². The minimum atomic E-state index is -3.52. The molecule has 1 aromatic carbocycles. The number of carbonyl (C=O) groups excluding carboxylic acids is 1. The second-order valence-electron chi connectivity index (χ2n) is 6.51. The molecule has 1 unspecified atom stereocenters. The highest BCUT2D eigenvalue weighted by Gasteiger charge is 2.26. The molecular weight excluding hydrogens is 384 g/mol. The van der Waals surface area contributed by atoms with E-state index in [1.54, 1.807) is 24.5 Å². The molecule has 1 fully saturated rings. The van der Waals surface area contributed by atoms with Crippen LogP contribution in [0.3, 0.4) is 0 Å². The van der Waals surface area contributed by atoms with Crippen LogP contribution < -0.4 is 5.32 Å². The molecule has 0 bridgehead atoms. The highest BCUT2D eigenvalue weighted by Crippen LogP contribution is 2.24. The van der Waals surface area contributed by atoms with E-state index in [-0.39, 0.29) is 16.1 Å². The number of furan rings is 1. The molecule has 1 aliphatic rings. The third kappa shape index (κ3) is 5.15. The largest absolute Gasteiger partial charge is 0.468 e. The zero-order valence-electron chi connectivity index (χ0n) is 15.3. The number of hydrogen-bond acceptors (Lipinski definition) is 5. The van der Waals surface area contributed by atoms with Gasteiger partial charge in [-0.25, -0.2) is 8.42 Å². The number of nitrogens with zero attached hydrogens (tertiary/aromatic N) is 1. The Labute approximate surface area is 164 Å². The molecular formula is C19H24N2O4S2. The van der Waals surface area contributed by atoms with Crippen LogP contribution in [0.15, 0.2) is 52.0 Å². The average Bonchev–Trinajstić information content (AvgIpc) is 3.20. The third-order valence-electron chi connectivity index (χ3n) is 4.48. The molecule has 1 N–H and O–H groups in total. The van der Waals surface area contributed by atoms with Gasteiger partial charge in [-0.15, -0.1) is 11.8 Å². The smallest absolute Gasteiger partial charge is 0.243 e. The van der Waals surface area contributed by atoms with Crippen LogP contribution >= 0.6 is 11.8 Å². The van der Waals surface area contributed by atoms with Gasteiger partial charge in [0.1, 0.15) is 5.76 Å². The standard InChI is InChI=1S/C19H24N2O4S2/c1-15(26-14-17-8-6-12-25-17)19(22)20-16-7-5-9-18(13-16)27(23,24)21-10-3-2-4-11-21/h5-9,12-13,15H,2-4,10-11,14H2,1H3,(H,20,22). The van der Waals surface area contributed by atoms with Crippen LogP contribution in [0.1, 0.15) is 31.9 Å². The second kappa shape index (κ2) is 8.95. The second-order valence-corrected chi connectivity index (χ2v) is 9.78. The molecule has 2 heterocycles. The van der Waals surface area contributed by atoms with Gasteiger partial charge in [-0.3, -0.25) is 4.79 Å². The molecule has 0 saturated carbocycles. The lowest BCUT2D eigenvalue weighted by molar-refractivity contribution is -0.115. The molecule has 0 aliphatic carbocycles. The Morgan fingerprint density at radius 1 is 1.22 bits per heavy atom. The van der Waals surface area contributed by atoms with Crippen molar-refractivity contribution in [2.75, 3.05) is 18.4 Å². The number of hydrogen-bond donors (Lipinski definition) is 1. The molecule has 0 radical (unpaired) electrons. The normalized spacial score (nSPS) is 16.8. The molecule has 1 saturated heterocycles. The number of piperidine rings is 1. The van der Waals surface area contributed by atoms with E-state index in [0.717, 1.165) is 25.0 Å². The number of anilines is 1. The summed E-state index contributed by atoms with van der Waals surface area (Å²) < 4.78 is 32.4. The third-order valence-corrected chi connectivity index (χ3v) is 7.54. The Bertz CT molecular complexity index is 860. The van der Waals surface area contributed by atoms with Gasteiger partial charge >= 0.3 is 0 Å². The van der Waals surface area contributed by atoms with Crippen molar-refractivity contribution in [3.63, 3.8) is 0 Å². The van der Waals surface area contributed by atoms with Crippen molar-refractivity contribution in [2.24, 2.45) is 0 Å². The molecule has 0 spiro atoms. The summed E-state index contributed by atoms with van der Waals surface area (Å²) in [6, 6.07) is 10.2. The summed E-state index contributed by atoms with van der Waals surface area (Å²) in [6.45, 7) is 2.93. The quantitative estimate of drug-likeness (QED) is 0.755. The van der Waals surface area contributed by atoms with E-state index in [9.17, 15) is 13.2 Å². The van der Waals surface area contributed by atoms with E-state index in [2.05, 4.69) is 5.32 Å². The monoisotopic (exact) mass is 408 g/mol. The fraction of sp³-hybridized carbons (Fsp3) is 0.421. The lowest BCUT2D eigenvalue weighted by Gasteiger charge is -2.26. The molecule has 8 heteroatoms. The topological polar surface area (TPSA) is 79.6 Å². The Balaban J connectivity index is 1.63. The molecule has 1 amide bonds. The predicted molar refractivity (Wildman–Crippen MR) is 107 cm³/mol. The maximum absolute atomic E-state index is 12.8. The predicted octanol–water partition coefficient (Wildman–Crippen LogP) is 3.71. The van der Waals surface area contributed by atoms with Crippen LogP contribution in [0.4, 0.5) is 5.69 Å². The number of benzene rings is 1. The molecule has 6 nitrogen and oxygen atoms in total. The van der Waals surface area contributed by atoms with E-state index >= 15 is 0 Å². The molecule has 1 atom stereocenters. The Morgan fingerprint density at radius 3 is 2.70 bits per heavy atom. The van der Waals surface area contributed by atoms with Crippen molar-refractivity contribution in [1.29, 1.82) is 0 Å². The Kier molecular flexibility index (Phi) is 6.62. The first-order valence-electron chi connectivity index (χ1n) is 9.02. The van der Waals surface area contributed by atoms with Crippen molar-refractivity contribution in [3.05, 3.63) is 48.4 Å². The van der Waals surface area contributed by atoms with Crippen molar-refractivity contribution in [3.8, 4) is 0 Å². The van der Waals surface area contributed by atoms with Gasteiger partial charge < -0.3 is 9.73 Å². The molecule has 1 aromatic heterocycles. The first-order valence-corrected chi connectivity index (χ1v) is 11.5. The average molecular weight is 409 g/mol. The van der Waals surface area contributed by atoms with E-state index < -0.39 is 10.0 Å². The van der Waals surface area contributed by atoms with Crippen molar-refractivity contribution >= 4 is 33.4 Å². The lowest BCUT2D eigenvalue weighted by Crippen LogP contribution is -2.35. The fourth-order valence-electron chi connectivity index (χ4n) is 2.91. The number of rotatable bonds is 7. The number of amides is 1. The highest BCUT2D eigenvalue weighted by atomic mass is 32.2. The van der Waals surface area contributed by atoms with Gasteiger partial charge in [-0.05, 0) is 50.1 Å². The summed E-state index contributed by atoms with van der Waals surface area (Å²) in [5, 5.41) is 2.52. The van der Waals surface area contributed by atoms with Crippen LogP contribution in [-0.4, -0.2) is 37.0 Å². The first kappa shape index (κ1) is 20.0. The van der Waals surface area contributed by atoms with Crippen LogP contribution in [0.25, 0.3) is 0 Å². The Hall–Kier alpha value is -1.77. The fourth-order valence-corrected chi connectivity index (χ4v) is 5.26. The van der Waals surface area contributed by atoms with Gasteiger partial charge in [0, 0.05) is 18.8 Å². The van der Waals surface area contributed by atoms with Gasteiger partial charge in [-0.1, -0.05) is 12.5 Å². The van der Waals surface area contributed by atoms with E-state index in [0.29, 0.717) is 24.5 Å². The number of carbonyl (C=O) groups is 1. The summed E-state index contributed by atoms with van der Waals surface area (Å²) in [4.78, 5) is 12.6. The van der Waals surface area contributed by atoms with Crippen LogP contribution in [-0.2, 0) is 20.6 Å². The van der Waals surface area contributed by atoms with Gasteiger partial charge in [0.25, 0.3) is 0 Å². The highest BCUT2D eigenvalue weighted by molar-refractivity contribution is 7.99. The molecule has 2 aromatic rings. The van der Waals surface area contributed by atoms with Gasteiger partial charge in [0.05, 0.1) is 22.2 Å². The van der Waals surface area contributed by atoms with Crippen molar-refractivity contribution in [1.82, 2.24) is 4.31 Å². The molecule has 1 aliphatic heterocycles. The molecule has 27 heavy (non-hydrogen) atoms. The van der Waals surface area contributed by atoms with Crippen molar-refractivity contribution < 1.29 is 17.6 Å². The maximum Gasteiger partial charge on any atom is 0.243 e. The van der Waals surface area contributed by atoms with E-state index in [4.69, 9.17) is 4.42 Å². The zero-order valence-corrected chi connectivity index (χ0v) is 16.9. The number of thioether (sulfide) groups is 1. The minimum Gasteiger partial charge on any atom is -0.468 e. The summed E-state index contributed by atoms with van der Waals surface area (Å²) in [5.74, 6) is 1.25. The Morgan fingerprint density at radius 2 is 2.00 bits per heavy atom. The lowest BCUT2D eigenvalue weighted by atomic mass is 10.2. The van der Waals surface area contributed by atoms with E-state index in [1.807, 2.05) is 19.1 Å². The first-order chi connectivity index (χ1) is 13.0. The maximum atomic E-state index is 12.8. The van der Waals surface area contributed by atoms with Gasteiger partial charge in [-0.2, -0.15) is 4.31 Å². The van der Waals surface area contributed by atoms with Crippen molar-refractivity contribution in [2.45, 2.75) is 42.1 Å². The van der Waals surface area contributed by atoms with Gasteiger partial charge in [0.15, 0.2) is 0 Å². The zero-order chi connectivity index (χ0) is 19.3. The van der Waals surface area contributed by atoms with Crippen LogP contribution in [0, 0.1) is 0 Å². The number of nitrogens with one attached hydrogen (secondary N) is 1. The SMILES string of the molecule is CC(SCc1ccco1)C(=O)Nc1cccc(S(=O)(=O)N2CCCCC2)c1. The summed E-state index contributed by atoms with van der Waals surface area (Å²) in [6.07, 6.45) is 4.45. The summed E-state index contributed by atoms with van der Waals surface area (Å²) >= 11 is 1.46. The van der Waals surface area contributed by atoms with Crippen LogP contribution in [0.2, 0.25) is 0 Å². The number of sulfonamides is 1.